The van der Waals surface area contributed by atoms with Crippen molar-refractivity contribution in [1.29, 1.82) is 0 Å². The van der Waals surface area contributed by atoms with Gasteiger partial charge in [0, 0.05) is 13.1 Å². The number of likely N-dealkylation sites (tertiary alicyclic amines) is 1. The van der Waals surface area contributed by atoms with Gasteiger partial charge in [0.15, 0.2) is 0 Å². The summed E-state index contributed by atoms with van der Waals surface area (Å²) in [5.41, 5.74) is 0.799. The van der Waals surface area contributed by atoms with Gasteiger partial charge in [-0.15, -0.1) is 0 Å². The highest BCUT2D eigenvalue weighted by atomic mass is 15.1. The predicted molar refractivity (Wildman–Crippen MR) is 63.5 cm³/mol. The van der Waals surface area contributed by atoms with Crippen molar-refractivity contribution in [3.8, 4) is 0 Å². The van der Waals surface area contributed by atoms with Gasteiger partial charge in [0.2, 0.25) is 0 Å². The molecule has 1 unspecified atom stereocenters. The molecule has 1 aliphatic carbocycles. The zero-order valence-corrected chi connectivity index (χ0v) is 10.5. The molecule has 1 saturated heterocycles. The largest absolute Gasteiger partial charge is 0.303 e. The fraction of sp³-hybridized carbons (Fsp3) is 1.00. The Labute approximate surface area is 89.9 Å². The highest BCUT2D eigenvalue weighted by Gasteiger charge is 2.46. The molecule has 2 aliphatic rings. The minimum Gasteiger partial charge on any atom is -0.303 e. The van der Waals surface area contributed by atoms with E-state index in [9.17, 15) is 0 Å². The summed E-state index contributed by atoms with van der Waals surface area (Å²) in [6, 6.07) is 0. The quantitative estimate of drug-likeness (QED) is 0.621. The zero-order chi connectivity index (χ0) is 10.6. The second kappa shape index (κ2) is 5.16. The van der Waals surface area contributed by atoms with Gasteiger partial charge in [0.05, 0.1) is 0 Å². The standard InChI is InChI=1S/C10H19N.C3H8/c1-3-11-7-9(2)6-10(8-11)4-5-10;1-3-2/h9H,3-8H2,1-2H3;3H2,1-2H3. The molecule has 2 fully saturated rings. The Bertz CT molecular complexity index is 161. The first kappa shape index (κ1) is 12.0. The fourth-order valence-corrected chi connectivity index (χ4v) is 2.63. The summed E-state index contributed by atoms with van der Waals surface area (Å²) in [5, 5.41) is 0. The minimum absolute atomic E-state index is 0.799. The van der Waals surface area contributed by atoms with Crippen molar-refractivity contribution < 1.29 is 0 Å². The van der Waals surface area contributed by atoms with E-state index < -0.39 is 0 Å². The molecule has 0 bridgehead atoms. The Morgan fingerprint density at radius 1 is 1.21 bits per heavy atom. The lowest BCUT2D eigenvalue weighted by atomic mass is 9.88. The van der Waals surface area contributed by atoms with Gasteiger partial charge in [-0.3, -0.25) is 0 Å². The van der Waals surface area contributed by atoms with Crippen LogP contribution in [0.5, 0.6) is 0 Å². The van der Waals surface area contributed by atoms with E-state index in [1.54, 1.807) is 0 Å². The van der Waals surface area contributed by atoms with Crippen LogP contribution in [-0.4, -0.2) is 24.5 Å². The van der Waals surface area contributed by atoms with Crippen LogP contribution in [-0.2, 0) is 0 Å². The maximum atomic E-state index is 2.63. The highest BCUT2D eigenvalue weighted by Crippen LogP contribution is 2.53. The smallest absolute Gasteiger partial charge is 0.00381 e. The van der Waals surface area contributed by atoms with Crippen LogP contribution < -0.4 is 0 Å². The summed E-state index contributed by atoms with van der Waals surface area (Å²) in [4.78, 5) is 2.63. The van der Waals surface area contributed by atoms with Crippen LogP contribution in [0, 0.1) is 11.3 Å². The monoisotopic (exact) mass is 197 g/mol. The summed E-state index contributed by atoms with van der Waals surface area (Å²) in [6.07, 6.45) is 5.77. The Morgan fingerprint density at radius 3 is 2.21 bits per heavy atom. The van der Waals surface area contributed by atoms with Crippen LogP contribution >= 0.6 is 0 Å². The lowest BCUT2D eigenvalue weighted by molar-refractivity contribution is 0.125. The van der Waals surface area contributed by atoms with Gasteiger partial charge >= 0.3 is 0 Å². The Morgan fingerprint density at radius 2 is 1.79 bits per heavy atom. The van der Waals surface area contributed by atoms with Gasteiger partial charge in [-0.05, 0) is 37.1 Å². The summed E-state index contributed by atoms with van der Waals surface area (Å²) >= 11 is 0. The molecule has 14 heavy (non-hydrogen) atoms. The van der Waals surface area contributed by atoms with Gasteiger partial charge in [-0.1, -0.05) is 34.1 Å². The second-order valence-corrected chi connectivity index (χ2v) is 5.34. The van der Waals surface area contributed by atoms with Crippen LogP contribution in [0.2, 0.25) is 0 Å². The number of rotatable bonds is 1. The number of nitrogens with zero attached hydrogens (tertiary/aromatic N) is 1. The van der Waals surface area contributed by atoms with Gasteiger partial charge in [-0.2, -0.15) is 0 Å². The van der Waals surface area contributed by atoms with Gasteiger partial charge in [0.1, 0.15) is 0 Å². The molecule has 1 spiro atoms. The molecule has 1 saturated carbocycles. The van der Waals surface area contributed by atoms with Crippen molar-refractivity contribution >= 4 is 0 Å². The van der Waals surface area contributed by atoms with Crippen LogP contribution in [0.25, 0.3) is 0 Å². The zero-order valence-electron chi connectivity index (χ0n) is 10.5. The Kier molecular flexibility index (Phi) is 4.43. The minimum atomic E-state index is 0.799. The lowest BCUT2D eigenvalue weighted by Crippen LogP contribution is -2.40. The van der Waals surface area contributed by atoms with E-state index >= 15 is 0 Å². The molecule has 0 aromatic rings. The molecule has 1 atom stereocenters. The van der Waals surface area contributed by atoms with E-state index in [-0.39, 0.29) is 0 Å². The van der Waals surface area contributed by atoms with Crippen LogP contribution in [0.4, 0.5) is 0 Å². The van der Waals surface area contributed by atoms with Crippen molar-refractivity contribution in [3.63, 3.8) is 0 Å². The number of piperidine rings is 1. The van der Waals surface area contributed by atoms with E-state index in [1.165, 1.54) is 45.3 Å². The van der Waals surface area contributed by atoms with Crippen molar-refractivity contribution in [2.45, 2.75) is 53.4 Å². The number of hydrogen-bond acceptors (Lipinski definition) is 1. The molecular weight excluding hydrogens is 170 g/mol. The maximum absolute atomic E-state index is 2.63. The third-order valence-corrected chi connectivity index (χ3v) is 3.31. The molecule has 1 aliphatic heterocycles. The van der Waals surface area contributed by atoms with Crippen LogP contribution in [0.15, 0.2) is 0 Å². The van der Waals surface area contributed by atoms with Gasteiger partial charge in [0.25, 0.3) is 0 Å². The molecule has 0 aromatic carbocycles. The summed E-state index contributed by atoms with van der Waals surface area (Å²) < 4.78 is 0. The topological polar surface area (TPSA) is 3.24 Å². The third-order valence-electron chi connectivity index (χ3n) is 3.31. The molecule has 1 heterocycles. The van der Waals surface area contributed by atoms with E-state index in [2.05, 4.69) is 32.6 Å². The predicted octanol–water partition coefficient (Wildman–Crippen LogP) is 3.54. The van der Waals surface area contributed by atoms with Crippen molar-refractivity contribution in [1.82, 2.24) is 4.90 Å². The first-order chi connectivity index (χ1) is 6.65. The van der Waals surface area contributed by atoms with Crippen LogP contribution in [0.3, 0.4) is 0 Å². The third kappa shape index (κ3) is 3.27. The van der Waals surface area contributed by atoms with Crippen molar-refractivity contribution in [3.05, 3.63) is 0 Å². The average molecular weight is 197 g/mol. The van der Waals surface area contributed by atoms with Crippen molar-refractivity contribution in [2.24, 2.45) is 11.3 Å². The average Bonchev–Trinajstić information content (AvgIpc) is 2.84. The maximum Gasteiger partial charge on any atom is 0.00381 e. The second-order valence-electron chi connectivity index (χ2n) is 5.34. The molecule has 0 N–H and O–H groups in total. The van der Waals surface area contributed by atoms with E-state index in [1.807, 2.05) is 0 Å². The molecule has 0 amide bonds. The Balaban J connectivity index is 0.000000293. The van der Waals surface area contributed by atoms with Gasteiger partial charge < -0.3 is 4.90 Å². The summed E-state index contributed by atoms with van der Waals surface area (Å²) in [6.45, 7) is 12.9. The molecule has 0 aromatic heterocycles. The molecule has 2 rings (SSSR count). The summed E-state index contributed by atoms with van der Waals surface area (Å²) in [5.74, 6) is 0.950. The molecule has 84 valence electrons. The van der Waals surface area contributed by atoms with E-state index in [0.717, 1.165) is 11.3 Å². The first-order valence-corrected chi connectivity index (χ1v) is 6.38. The summed E-state index contributed by atoms with van der Waals surface area (Å²) in [7, 11) is 0. The van der Waals surface area contributed by atoms with Crippen LogP contribution in [0.1, 0.15) is 53.4 Å². The fourth-order valence-electron chi connectivity index (χ4n) is 2.63. The van der Waals surface area contributed by atoms with E-state index in [4.69, 9.17) is 0 Å². The van der Waals surface area contributed by atoms with Crippen molar-refractivity contribution in [2.75, 3.05) is 19.6 Å². The molecule has 1 nitrogen and oxygen atoms in total. The van der Waals surface area contributed by atoms with Gasteiger partial charge in [-0.25, -0.2) is 0 Å². The highest BCUT2D eigenvalue weighted by molar-refractivity contribution is 4.99. The molecular formula is C13H27N. The SMILES string of the molecule is CCC.CCN1CC(C)CC2(CC2)C1. The Hall–Kier alpha value is -0.0400. The number of hydrogen-bond donors (Lipinski definition) is 0. The lowest BCUT2D eigenvalue weighted by Gasteiger charge is -2.36. The normalized spacial score (nSPS) is 29.6. The molecule has 1 heteroatoms. The first-order valence-electron chi connectivity index (χ1n) is 6.38. The van der Waals surface area contributed by atoms with E-state index in [0.29, 0.717) is 0 Å². The molecule has 0 radical (unpaired) electrons.